The second-order valence-corrected chi connectivity index (χ2v) is 7.62. The standard InChI is InChI=1S/C20H22Cl2N4O2/c21-17-4-3-16(10-18(17)22)25-19(27)13-26-8-5-15(6-9-26)20(28)24-12-14-2-1-7-23-11-14/h1-4,7,10-11,15H,5-6,8-9,12-13H2,(H,24,28)(H,25,27). The first kappa shape index (κ1) is 20.6. The summed E-state index contributed by atoms with van der Waals surface area (Å²) >= 11 is 11.8. The van der Waals surface area contributed by atoms with E-state index >= 15 is 0 Å². The number of aromatic nitrogens is 1. The maximum absolute atomic E-state index is 12.3. The number of likely N-dealkylation sites (tertiary alicyclic amines) is 1. The minimum absolute atomic E-state index is 0.0222. The molecule has 2 N–H and O–H groups in total. The summed E-state index contributed by atoms with van der Waals surface area (Å²) in [5, 5.41) is 6.64. The third-order valence-electron chi connectivity index (χ3n) is 4.72. The zero-order valence-corrected chi connectivity index (χ0v) is 16.8. The number of amides is 2. The summed E-state index contributed by atoms with van der Waals surface area (Å²) < 4.78 is 0. The van der Waals surface area contributed by atoms with Gasteiger partial charge in [0.1, 0.15) is 0 Å². The van der Waals surface area contributed by atoms with Gasteiger partial charge in [0.25, 0.3) is 0 Å². The molecule has 0 radical (unpaired) electrons. The fourth-order valence-corrected chi connectivity index (χ4v) is 3.47. The van der Waals surface area contributed by atoms with Crippen LogP contribution in [0.1, 0.15) is 18.4 Å². The zero-order chi connectivity index (χ0) is 19.9. The van der Waals surface area contributed by atoms with Crippen LogP contribution in [0.4, 0.5) is 5.69 Å². The average Bonchev–Trinajstić information content (AvgIpc) is 2.70. The fraction of sp³-hybridized carbons (Fsp3) is 0.350. The van der Waals surface area contributed by atoms with Gasteiger partial charge in [-0.1, -0.05) is 29.3 Å². The lowest BCUT2D eigenvalue weighted by Crippen LogP contribution is -2.43. The molecule has 0 atom stereocenters. The number of nitrogens with one attached hydrogen (secondary N) is 2. The van der Waals surface area contributed by atoms with E-state index in [2.05, 4.69) is 20.5 Å². The minimum atomic E-state index is -0.113. The van der Waals surface area contributed by atoms with Gasteiger partial charge >= 0.3 is 0 Å². The highest BCUT2D eigenvalue weighted by Gasteiger charge is 2.25. The van der Waals surface area contributed by atoms with E-state index in [1.54, 1.807) is 30.6 Å². The second kappa shape index (κ2) is 9.87. The normalized spacial score (nSPS) is 15.2. The molecule has 0 aliphatic carbocycles. The molecule has 2 amide bonds. The van der Waals surface area contributed by atoms with Crippen LogP contribution >= 0.6 is 23.2 Å². The van der Waals surface area contributed by atoms with Crippen molar-refractivity contribution in [3.8, 4) is 0 Å². The van der Waals surface area contributed by atoms with E-state index in [0.29, 0.717) is 35.4 Å². The van der Waals surface area contributed by atoms with Gasteiger partial charge in [0.05, 0.1) is 16.6 Å². The molecule has 1 aliphatic rings. The number of nitrogens with zero attached hydrogens (tertiary/aromatic N) is 2. The molecule has 8 heteroatoms. The Morgan fingerprint density at radius 1 is 1.14 bits per heavy atom. The smallest absolute Gasteiger partial charge is 0.238 e. The first-order valence-corrected chi connectivity index (χ1v) is 9.91. The Labute approximate surface area is 174 Å². The van der Waals surface area contributed by atoms with E-state index in [4.69, 9.17) is 23.2 Å². The van der Waals surface area contributed by atoms with Crippen LogP contribution in [-0.4, -0.2) is 41.3 Å². The molecule has 0 bridgehead atoms. The summed E-state index contributed by atoms with van der Waals surface area (Å²) in [6.45, 7) is 2.18. The zero-order valence-electron chi connectivity index (χ0n) is 15.3. The van der Waals surface area contributed by atoms with Crippen molar-refractivity contribution in [2.75, 3.05) is 25.0 Å². The largest absolute Gasteiger partial charge is 0.352 e. The Bertz CT molecular complexity index is 824. The minimum Gasteiger partial charge on any atom is -0.352 e. The number of carbonyl (C=O) groups is 2. The number of hydrogen-bond acceptors (Lipinski definition) is 4. The number of piperidine rings is 1. The molecule has 0 unspecified atom stereocenters. The molecule has 2 aromatic rings. The summed E-state index contributed by atoms with van der Waals surface area (Å²) in [4.78, 5) is 30.7. The van der Waals surface area contributed by atoms with Gasteiger partial charge in [0.15, 0.2) is 0 Å². The molecule has 148 valence electrons. The molecule has 0 saturated carbocycles. The van der Waals surface area contributed by atoms with Gasteiger partial charge in [-0.2, -0.15) is 0 Å². The second-order valence-electron chi connectivity index (χ2n) is 6.81. The van der Waals surface area contributed by atoms with Crippen molar-refractivity contribution in [3.05, 3.63) is 58.3 Å². The Balaban J connectivity index is 1.40. The van der Waals surface area contributed by atoms with Gasteiger partial charge in [-0.15, -0.1) is 0 Å². The number of halogens is 2. The number of carbonyl (C=O) groups excluding carboxylic acids is 2. The number of anilines is 1. The highest BCUT2D eigenvalue weighted by Crippen LogP contribution is 2.25. The Kier molecular flexibility index (Phi) is 7.25. The van der Waals surface area contributed by atoms with E-state index < -0.39 is 0 Å². The van der Waals surface area contributed by atoms with E-state index in [-0.39, 0.29) is 24.3 Å². The molecule has 1 aromatic heterocycles. The van der Waals surface area contributed by atoms with Crippen molar-refractivity contribution in [2.24, 2.45) is 5.92 Å². The topological polar surface area (TPSA) is 74.3 Å². The molecule has 3 rings (SSSR count). The number of pyridine rings is 1. The maximum atomic E-state index is 12.3. The quantitative estimate of drug-likeness (QED) is 0.750. The highest BCUT2D eigenvalue weighted by atomic mass is 35.5. The van der Waals surface area contributed by atoms with Crippen molar-refractivity contribution in [1.29, 1.82) is 0 Å². The predicted octanol–water partition coefficient (Wildman–Crippen LogP) is 3.36. The summed E-state index contributed by atoms with van der Waals surface area (Å²) in [5.74, 6) is -0.0762. The Hall–Kier alpha value is -2.15. The van der Waals surface area contributed by atoms with Crippen LogP contribution in [0.15, 0.2) is 42.7 Å². The number of rotatable bonds is 6. The lowest BCUT2D eigenvalue weighted by Gasteiger charge is -2.30. The van der Waals surface area contributed by atoms with Crippen molar-refractivity contribution in [1.82, 2.24) is 15.2 Å². The summed E-state index contributed by atoms with van der Waals surface area (Å²) in [7, 11) is 0. The predicted molar refractivity (Wildman–Crippen MR) is 110 cm³/mol. The summed E-state index contributed by atoms with van der Waals surface area (Å²) in [6, 6.07) is 8.77. The highest BCUT2D eigenvalue weighted by molar-refractivity contribution is 6.42. The number of benzene rings is 1. The van der Waals surface area contributed by atoms with Crippen LogP contribution in [0.2, 0.25) is 10.0 Å². The van der Waals surface area contributed by atoms with Gasteiger partial charge in [-0.25, -0.2) is 0 Å². The van der Waals surface area contributed by atoms with E-state index in [0.717, 1.165) is 18.4 Å². The molecule has 0 spiro atoms. The Morgan fingerprint density at radius 3 is 2.61 bits per heavy atom. The molecule has 2 heterocycles. The van der Waals surface area contributed by atoms with Gasteiger partial charge in [0, 0.05) is 30.5 Å². The van der Waals surface area contributed by atoms with E-state index in [1.807, 2.05) is 12.1 Å². The molecular formula is C20H22Cl2N4O2. The Morgan fingerprint density at radius 2 is 1.93 bits per heavy atom. The van der Waals surface area contributed by atoms with Crippen LogP contribution in [0, 0.1) is 5.92 Å². The molecule has 28 heavy (non-hydrogen) atoms. The molecular weight excluding hydrogens is 399 g/mol. The monoisotopic (exact) mass is 420 g/mol. The summed E-state index contributed by atoms with van der Waals surface area (Å²) in [5.41, 5.74) is 1.59. The van der Waals surface area contributed by atoms with Crippen molar-refractivity contribution in [3.63, 3.8) is 0 Å². The molecule has 1 aliphatic heterocycles. The number of hydrogen-bond donors (Lipinski definition) is 2. The van der Waals surface area contributed by atoms with Crippen LogP contribution in [0.25, 0.3) is 0 Å². The first-order chi connectivity index (χ1) is 13.5. The molecule has 1 saturated heterocycles. The van der Waals surface area contributed by atoms with Crippen LogP contribution in [0.5, 0.6) is 0 Å². The van der Waals surface area contributed by atoms with Gasteiger partial charge < -0.3 is 10.6 Å². The van der Waals surface area contributed by atoms with E-state index in [1.165, 1.54) is 0 Å². The van der Waals surface area contributed by atoms with Crippen molar-refractivity contribution < 1.29 is 9.59 Å². The van der Waals surface area contributed by atoms with Gasteiger partial charge in [-0.3, -0.25) is 19.5 Å². The SMILES string of the molecule is O=C(CN1CCC(C(=O)NCc2cccnc2)CC1)Nc1ccc(Cl)c(Cl)c1. The molecule has 6 nitrogen and oxygen atoms in total. The third kappa shape index (κ3) is 5.92. The van der Waals surface area contributed by atoms with Crippen molar-refractivity contribution >= 4 is 40.7 Å². The molecule has 1 aromatic carbocycles. The van der Waals surface area contributed by atoms with Crippen LogP contribution < -0.4 is 10.6 Å². The lowest BCUT2D eigenvalue weighted by molar-refractivity contribution is -0.126. The van der Waals surface area contributed by atoms with Crippen LogP contribution in [-0.2, 0) is 16.1 Å². The third-order valence-corrected chi connectivity index (χ3v) is 5.46. The van der Waals surface area contributed by atoms with Crippen LogP contribution in [0.3, 0.4) is 0 Å². The van der Waals surface area contributed by atoms with Gasteiger partial charge in [-0.05, 0) is 55.8 Å². The lowest BCUT2D eigenvalue weighted by atomic mass is 9.96. The maximum Gasteiger partial charge on any atom is 0.238 e. The average molecular weight is 421 g/mol. The van der Waals surface area contributed by atoms with Gasteiger partial charge in [0.2, 0.25) is 11.8 Å². The van der Waals surface area contributed by atoms with E-state index in [9.17, 15) is 9.59 Å². The summed E-state index contributed by atoms with van der Waals surface area (Å²) in [6.07, 6.45) is 4.92. The van der Waals surface area contributed by atoms with Crippen molar-refractivity contribution in [2.45, 2.75) is 19.4 Å². The first-order valence-electron chi connectivity index (χ1n) is 9.15. The molecule has 1 fully saturated rings. The fourth-order valence-electron chi connectivity index (χ4n) is 3.17.